The summed E-state index contributed by atoms with van der Waals surface area (Å²) in [6.45, 7) is 0. The Balaban J connectivity index is 1.44. The largest absolute Gasteiger partial charge is 0.308 e. The fourth-order valence-corrected chi connectivity index (χ4v) is 7.83. The smallest absolute Gasteiger partial charge is 0.237 e. The highest BCUT2D eigenvalue weighted by Gasteiger charge is 2.26. The third-order valence-electron chi connectivity index (χ3n) is 9.69. The fraction of sp³-hybridized carbons (Fsp3) is 0. The van der Waals surface area contributed by atoms with Crippen LogP contribution in [0.25, 0.3) is 98.9 Å². The monoisotopic (exact) mass is 585 g/mol. The number of hydrogen-bond donors (Lipinski definition) is 0. The van der Waals surface area contributed by atoms with Gasteiger partial charge in [0.25, 0.3) is 0 Å². The number of para-hydroxylation sites is 2. The first-order valence-electron chi connectivity index (χ1n) is 15.6. The molecule has 5 heterocycles. The van der Waals surface area contributed by atoms with Gasteiger partial charge in [-0.15, -0.1) is 0 Å². The van der Waals surface area contributed by atoms with Gasteiger partial charge in [0, 0.05) is 54.9 Å². The lowest BCUT2D eigenvalue weighted by atomic mass is 10.0. The van der Waals surface area contributed by atoms with Crippen molar-refractivity contribution < 1.29 is 0 Å². The van der Waals surface area contributed by atoms with E-state index in [1.165, 1.54) is 54.3 Å². The molecule has 0 aliphatic rings. The Hall–Kier alpha value is -6.33. The first kappa shape index (κ1) is 24.0. The summed E-state index contributed by atoms with van der Waals surface area (Å²) >= 11 is 0. The maximum Gasteiger partial charge on any atom is 0.237 e. The highest BCUT2D eigenvalue weighted by Crippen LogP contribution is 2.47. The Labute approximate surface area is 261 Å². The van der Waals surface area contributed by atoms with Crippen molar-refractivity contribution in [3.05, 3.63) is 140 Å². The number of nitrogens with zero attached hydrogens (tertiary/aromatic N) is 5. The molecule has 0 spiro atoms. The zero-order valence-corrected chi connectivity index (χ0v) is 24.5. The van der Waals surface area contributed by atoms with Gasteiger partial charge in [0.15, 0.2) is 5.65 Å². The first-order chi connectivity index (χ1) is 22.8. The van der Waals surface area contributed by atoms with Gasteiger partial charge in [-0.25, -0.2) is 9.97 Å². The lowest BCUT2D eigenvalue weighted by molar-refractivity contribution is 1.01. The van der Waals surface area contributed by atoms with Crippen LogP contribution in [0.15, 0.2) is 140 Å². The Morgan fingerprint density at radius 2 is 1.15 bits per heavy atom. The van der Waals surface area contributed by atoms with Crippen molar-refractivity contribution in [1.29, 1.82) is 0 Å². The first-order valence-corrected chi connectivity index (χ1v) is 15.6. The minimum Gasteiger partial charge on any atom is -0.308 e. The highest BCUT2D eigenvalue weighted by molar-refractivity contribution is 6.35. The van der Waals surface area contributed by atoms with Crippen molar-refractivity contribution in [3.63, 3.8) is 0 Å². The lowest BCUT2D eigenvalue weighted by Gasteiger charge is -2.12. The van der Waals surface area contributed by atoms with Gasteiger partial charge in [-0.2, -0.15) is 4.98 Å². The van der Waals surface area contributed by atoms with Crippen LogP contribution in [0.3, 0.4) is 0 Å². The fourth-order valence-electron chi connectivity index (χ4n) is 7.83. The van der Waals surface area contributed by atoms with Crippen LogP contribution in [-0.2, 0) is 0 Å². The van der Waals surface area contributed by atoms with Crippen LogP contribution in [0.4, 0.5) is 0 Å². The number of aromatic nitrogens is 5. The molecule has 5 aromatic heterocycles. The van der Waals surface area contributed by atoms with Gasteiger partial charge in [0.2, 0.25) is 5.95 Å². The summed E-state index contributed by atoms with van der Waals surface area (Å²) in [5, 5.41) is 10.6. The molecule has 11 rings (SSSR count). The molecule has 6 aromatic carbocycles. The van der Waals surface area contributed by atoms with Gasteiger partial charge in [-0.1, -0.05) is 103 Å². The summed E-state index contributed by atoms with van der Waals surface area (Å²) < 4.78 is 4.75. The van der Waals surface area contributed by atoms with Crippen molar-refractivity contribution in [2.75, 3.05) is 0 Å². The molecule has 0 bridgehead atoms. The average molecular weight is 586 g/mol. The Bertz CT molecular complexity index is 3020. The number of fused-ring (bicyclic) bond motifs is 13. The van der Waals surface area contributed by atoms with E-state index in [1.807, 2.05) is 18.3 Å². The predicted octanol–water partition coefficient (Wildman–Crippen LogP) is 10.1. The molecule has 11 aromatic rings. The normalized spacial score (nSPS) is 12.3. The van der Waals surface area contributed by atoms with Crippen molar-refractivity contribution in [1.82, 2.24) is 23.9 Å². The van der Waals surface area contributed by atoms with E-state index < -0.39 is 0 Å². The van der Waals surface area contributed by atoms with Crippen molar-refractivity contribution in [2.45, 2.75) is 0 Å². The molecule has 0 amide bonds. The van der Waals surface area contributed by atoms with Crippen LogP contribution in [0.2, 0.25) is 0 Å². The number of pyridine rings is 1. The molecule has 0 atom stereocenters. The second-order valence-corrected chi connectivity index (χ2v) is 12.0. The molecule has 0 saturated heterocycles. The van der Waals surface area contributed by atoms with E-state index in [9.17, 15) is 0 Å². The third kappa shape index (κ3) is 2.97. The van der Waals surface area contributed by atoms with Crippen LogP contribution in [0.5, 0.6) is 0 Å². The molecule has 212 valence electrons. The summed E-state index contributed by atoms with van der Waals surface area (Å²) in [7, 11) is 0. The highest BCUT2D eigenvalue weighted by atomic mass is 15.2. The zero-order valence-electron chi connectivity index (χ0n) is 24.5. The molecule has 5 heteroatoms. The van der Waals surface area contributed by atoms with Crippen molar-refractivity contribution >= 4 is 81.7 Å². The van der Waals surface area contributed by atoms with Crippen LogP contribution >= 0.6 is 0 Å². The SMILES string of the molecule is c1ccc(-c2nc(-n3c4c5ccccc5ccc4c4cc5c6ccccc6n6c7ccccc7c(c43)c56)nc3ncccc23)cc1. The van der Waals surface area contributed by atoms with Gasteiger partial charge >= 0.3 is 0 Å². The summed E-state index contributed by atoms with van der Waals surface area (Å²) in [6.07, 6.45) is 1.81. The van der Waals surface area contributed by atoms with E-state index >= 15 is 0 Å². The Morgan fingerprint density at radius 3 is 2.02 bits per heavy atom. The van der Waals surface area contributed by atoms with Crippen LogP contribution < -0.4 is 0 Å². The molecule has 0 radical (unpaired) electrons. The minimum atomic E-state index is 0.615. The summed E-state index contributed by atoms with van der Waals surface area (Å²) in [5.74, 6) is 0.615. The third-order valence-corrected chi connectivity index (χ3v) is 9.69. The molecule has 46 heavy (non-hydrogen) atoms. The van der Waals surface area contributed by atoms with Gasteiger partial charge in [-0.3, -0.25) is 4.57 Å². The predicted molar refractivity (Wildman–Crippen MR) is 189 cm³/mol. The average Bonchev–Trinajstić information content (AvgIpc) is 3.76. The van der Waals surface area contributed by atoms with Crippen LogP contribution in [-0.4, -0.2) is 23.9 Å². The molecular formula is C41H23N5. The lowest BCUT2D eigenvalue weighted by Crippen LogP contribution is -2.04. The second kappa shape index (κ2) is 8.65. The standard InChI is InChI=1S/C41H23N5/c1-2-12-25(13-3-1)36-30-17-10-22-42-40(30)44-41(43-36)46-37-26-14-5-4-11-24(26)20-21-28(37)32-23-31-27-15-6-8-18-33(27)45-34-19-9-7-16-29(34)35(38(31)45)39(32)46/h1-23H. The van der Waals surface area contributed by atoms with Gasteiger partial charge < -0.3 is 4.40 Å². The molecule has 0 N–H and O–H groups in total. The molecule has 0 aliphatic heterocycles. The van der Waals surface area contributed by atoms with Gasteiger partial charge in [0.1, 0.15) is 0 Å². The van der Waals surface area contributed by atoms with E-state index in [4.69, 9.17) is 15.0 Å². The van der Waals surface area contributed by atoms with Crippen molar-refractivity contribution in [2.24, 2.45) is 0 Å². The van der Waals surface area contributed by atoms with E-state index in [-0.39, 0.29) is 0 Å². The molecule has 0 unspecified atom stereocenters. The quantitative estimate of drug-likeness (QED) is 0.203. The zero-order chi connectivity index (χ0) is 29.9. The van der Waals surface area contributed by atoms with E-state index in [1.54, 1.807) is 0 Å². The molecule has 0 fully saturated rings. The van der Waals surface area contributed by atoms with E-state index in [2.05, 4.69) is 130 Å². The molecular weight excluding hydrogens is 562 g/mol. The minimum absolute atomic E-state index is 0.615. The molecule has 0 saturated carbocycles. The Kier molecular flexibility index (Phi) is 4.52. The van der Waals surface area contributed by atoms with Crippen LogP contribution in [0.1, 0.15) is 0 Å². The Morgan fingerprint density at radius 1 is 0.457 bits per heavy atom. The maximum atomic E-state index is 5.40. The van der Waals surface area contributed by atoms with Gasteiger partial charge in [-0.05, 0) is 35.7 Å². The number of benzene rings is 6. The summed E-state index contributed by atoms with van der Waals surface area (Å²) in [4.78, 5) is 15.4. The summed E-state index contributed by atoms with van der Waals surface area (Å²) in [5.41, 5.74) is 8.44. The van der Waals surface area contributed by atoms with Gasteiger partial charge in [0.05, 0.1) is 33.3 Å². The number of rotatable bonds is 2. The maximum absolute atomic E-state index is 5.40. The van der Waals surface area contributed by atoms with Crippen molar-refractivity contribution in [3.8, 4) is 17.2 Å². The van der Waals surface area contributed by atoms with E-state index in [0.29, 0.717) is 11.6 Å². The topological polar surface area (TPSA) is 48.0 Å². The molecule has 5 nitrogen and oxygen atoms in total. The second-order valence-electron chi connectivity index (χ2n) is 12.0. The summed E-state index contributed by atoms with van der Waals surface area (Å²) in [6, 6.07) is 47.4. The number of hydrogen-bond acceptors (Lipinski definition) is 3. The van der Waals surface area contributed by atoms with E-state index in [0.717, 1.165) is 33.1 Å². The molecule has 0 aliphatic carbocycles. The van der Waals surface area contributed by atoms with Crippen LogP contribution in [0, 0.1) is 0 Å².